The van der Waals surface area contributed by atoms with Gasteiger partial charge in [0.2, 0.25) is 0 Å². The Balaban J connectivity index is 2.03. The third-order valence-electron chi connectivity index (χ3n) is 3.84. The highest BCUT2D eigenvalue weighted by atomic mass is 32.2. The van der Waals surface area contributed by atoms with Crippen LogP contribution in [0.3, 0.4) is 0 Å². The number of hydrogen-bond acceptors (Lipinski definition) is 7. The van der Waals surface area contributed by atoms with Gasteiger partial charge in [0.05, 0.1) is 35.7 Å². The molecule has 1 aliphatic heterocycles. The van der Waals surface area contributed by atoms with Gasteiger partial charge >= 0.3 is 5.97 Å². The monoisotopic (exact) mass is 392 g/mol. The fraction of sp³-hybridized carbons (Fsp3) is 0.389. The highest BCUT2D eigenvalue weighted by Crippen LogP contribution is 2.35. The molecule has 6 nitrogen and oxygen atoms in total. The number of methoxy groups -OCH3 is 1. The number of carbonyl (C=O) groups excluding carboxylic acids is 1. The first kappa shape index (κ1) is 18.8. The maximum Gasteiger partial charge on any atom is 0.316 e. The number of benzene rings is 1. The van der Waals surface area contributed by atoms with Gasteiger partial charge in [-0.1, -0.05) is 18.7 Å². The standard InChI is InChI=1S/C18H20N2O4S2/c1-4-24-15(21)10-25-18-19-14-9-11(2)26-16(14)17(22)20(18)12-5-7-13(23-3)8-6-12/h5-8,11H,4,9-10H2,1-3H3. The third kappa shape index (κ3) is 3.91. The quantitative estimate of drug-likeness (QED) is 0.425. The van der Waals surface area contributed by atoms with Crippen LogP contribution < -0.4 is 10.3 Å². The molecule has 0 aliphatic carbocycles. The first-order valence-electron chi connectivity index (χ1n) is 8.29. The number of thioether (sulfide) groups is 2. The molecule has 1 unspecified atom stereocenters. The van der Waals surface area contributed by atoms with E-state index in [4.69, 9.17) is 9.47 Å². The first-order chi connectivity index (χ1) is 12.5. The zero-order valence-electron chi connectivity index (χ0n) is 14.9. The van der Waals surface area contributed by atoms with Gasteiger partial charge in [-0.15, -0.1) is 11.8 Å². The average Bonchev–Trinajstić information content (AvgIpc) is 3.01. The van der Waals surface area contributed by atoms with Crippen molar-refractivity contribution < 1.29 is 14.3 Å². The molecule has 0 bridgehead atoms. The minimum Gasteiger partial charge on any atom is -0.497 e. The van der Waals surface area contributed by atoms with Gasteiger partial charge in [0.1, 0.15) is 5.75 Å². The SMILES string of the molecule is CCOC(=O)CSc1nc2c(c(=O)n1-c1ccc(OC)cc1)SC(C)C2. The molecule has 0 saturated carbocycles. The average molecular weight is 393 g/mol. The maximum absolute atomic E-state index is 13.1. The van der Waals surface area contributed by atoms with Gasteiger partial charge in [-0.3, -0.25) is 14.2 Å². The van der Waals surface area contributed by atoms with Crippen LogP contribution in [0, 0.1) is 0 Å². The number of aromatic nitrogens is 2. The fourth-order valence-electron chi connectivity index (χ4n) is 2.68. The molecule has 1 aromatic carbocycles. The zero-order chi connectivity index (χ0) is 18.7. The molecular weight excluding hydrogens is 372 g/mol. The topological polar surface area (TPSA) is 70.4 Å². The van der Waals surface area contributed by atoms with Crippen molar-refractivity contribution in [2.24, 2.45) is 0 Å². The predicted molar refractivity (Wildman–Crippen MR) is 103 cm³/mol. The van der Waals surface area contributed by atoms with Gasteiger partial charge in [0.15, 0.2) is 5.16 Å². The Morgan fingerprint density at radius 1 is 1.38 bits per heavy atom. The molecule has 0 saturated heterocycles. The van der Waals surface area contributed by atoms with Crippen LogP contribution in [-0.2, 0) is 16.0 Å². The largest absolute Gasteiger partial charge is 0.497 e. The van der Waals surface area contributed by atoms with E-state index >= 15 is 0 Å². The zero-order valence-corrected chi connectivity index (χ0v) is 16.5. The Kier molecular flexibility index (Phi) is 5.93. The molecule has 2 heterocycles. The van der Waals surface area contributed by atoms with E-state index in [1.54, 1.807) is 42.5 Å². The van der Waals surface area contributed by atoms with Crippen LogP contribution in [-0.4, -0.2) is 40.2 Å². The van der Waals surface area contributed by atoms with E-state index in [0.717, 1.165) is 12.1 Å². The van der Waals surface area contributed by atoms with Crippen molar-refractivity contribution >= 4 is 29.5 Å². The van der Waals surface area contributed by atoms with Crippen molar-refractivity contribution in [3.05, 3.63) is 40.3 Å². The summed E-state index contributed by atoms with van der Waals surface area (Å²) >= 11 is 2.77. The lowest BCUT2D eigenvalue weighted by atomic mass is 10.2. The van der Waals surface area contributed by atoms with Gasteiger partial charge in [-0.05, 0) is 31.2 Å². The van der Waals surface area contributed by atoms with E-state index in [2.05, 4.69) is 11.9 Å². The van der Waals surface area contributed by atoms with Gasteiger partial charge in [-0.2, -0.15) is 0 Å². The molecule has 0 N–H and O–H groups in total. The minimum absolute atomic E-state index is 0.0964. The summed E-state index contributed by atoms with van der Waals surface area (Å²) < 4.78 is 11.7. The summed E-state index contributed by atoms with van der Waals surface area (Å²) in [6.45, 7) is 4.17. The number of rotatable bonds is 6. The second kappa shape index (κ2) is 8.18. The third-order valence-corrected chi connectivity index (χ3v) is 5.96. The molecule has 0 spiro atoms. The van der Waals surface area contributed by atoms with E-state index in [9.17, 15) is 9.59 Å². The molecule has 138 valence electrons. The van der Waals surface area contributed by atoms with Gasteiger partial charge in [0.25, 0.3) is 5.56 Å². The summed E-state index contributed by atoms with van der Waals surface area (Å²) in [5, 5.41) is 0.821. The maximum atomic E-state index is 13.1. The number of carbonyl (C=O) groups is 1. The second-order valence-electron chi connectivity index (χ2n) is 5.74. The molecule has 2 aromatic rings. The number of nitrogens with zero attached hydrogens (tertiary/aromatic N) is 2. The van der Waals surface area contributed by atoms with Crippen LogP contribution in [0.15, 0.2) is 39.1 Å². The molecule has 1 atom stereocenters. The Hall–Kier alpha value is -1.93. The first-order valence-corrected chi connectivity index (χ1v) is 10.2. The summed E-state index contributed by atoms with van der Waals surface area (Å²) in [4.78, 5) is 30.2. The predicted octanol–water partition coefficient (Wildman–Crippen LogP) is 2.93. The smallest absolute Gasteiger partial charge is 0.316 e. The fourth-order valence-corrected chi connectivity index (χ4v) is 4.61. The number of esters is 1. The molecule has 0 fully saturated rings. The lowest BCUT2D eigenvalue weighted by Gasteiger charge is -2.14. The molecule has 1 aromatic heterocycles. The summed E-state index contributed by atoms with van der Waals surface area (Å²) in [6.07, 6.45) is 0.756. The van der Waals surface area contributed by atoms with E-state index < -0.39 is 0 Å². The number of ether oxygens (including phenoxy) is 2. The van der Waals surface area contributed by atoms with Crippen molar-refractivity contribution in [1.29, 1.82) is 0 Å². The molecular formula is C18H20N2O4S2. The molecule has 26 heavy (non-hydrogen) atoms. The van der Waals surface area contributed by atoms with Gasteiger partial charge in [-0.25, -0.2) is 4.98 Å². The van der Waals surface area contributed by atoms with Crippen LogP contribution in [0.5, 0.6) is 5.75 Å². The summed E-state index contributed by atoms with van der Waals surface area (Å²) in [7, 11) is 1.59. The lowest BCUT2D eigenvalue weighted by molar-refractivity contribution is -0.139. The molecule has 1 aliphatic rings. The second-order valence-corrected chi connectivity index (χ2v) is 8.13. The van der Waals surface area contributed by atoms with Crippen molar-refractivity contribution in [1.82, 2.24) is 9.55 Å². The van der Waals surface area contributed by atoms with Crippen LogP contribution in [0.25, 0.3) is 5.69 Å². The normalized spacial score (nSPS) is 15.6. The van der Waals surface area contributed by atoms with Crippen molar-refractivity contribution in [3.8, 4) is 11.4 Å². The van der Waals surface area contributed by atoms with Crippen LogP contribution in [0.1, 0.15) is 19.5 Å². The lowest BCUT2D eigenvalue weighted by Crippen LogP contribution is -2.24. The van der Waals surface area contributed by atoms with Crippen LogP contribution in [0.2, 0.25) is 0 Å². The van der Waals surface area contributed by atoms with E-state index in [0.29, 0.717) is 33.3 Å². The summed E-state index contributed by atoms with van der Waals surface area (Å²) in [5.74, 6) is 0.494. The molecule has 0 radical (unpaired) electrons. The van der Waals surface area contributed by atoms with E-state index in [1.165, 1.54) is 11.8 Å². The van der Waals surface area contributed by atoms with E-state index in [1.807, 2.05) is 12.1 Å². The molecule has 3 rings (SSSR count). The van der Waals surface area contributed by atoms with Crippen molar-refractivity contribution in [2.75, 3.05) is 19.5 Å². The number of fused-ring (bicyclic) bond motifs is 1. The summed E-state index contributed by atoms with van der Waals surface area (Å²) in [5.41, 5.74) is 1.40. The van der Waals surface area contributed by atoms with E-state index in [-0.39, 0.29) is 17.3 Å². The van der Waals surface area contributed by atoms with Gasteiger partial charge < -0.3 is 9.47 Å². The molecule has 8 heteroatoms. The van der Waals surface area contributed by atoms with Crippen LogP contribution >= 0.6 is 23.5 Å². The van der Waals surface area contributed by atoms with Crippen LogP contribution in [0.4, 0.5) is 0 Å². The highest BCUT2D eigenvalue weighted by molar-refractivity contribution is 8.00. The Labute approximate surface area is 160 Å². The Bertz CT molecular complexity index is 865. The Morgan fingerprint density at radius 3 is 2.77 bits per heavy atom. The van der Waals surface area contributed by atoms with Crippen molar-refractivity contribution in [2.45, 2.75) is 35.6 Å². The highest BCUT2D eigenvalue weighted by Gasteiger charge is 2.27. The van der Waals surface area contributed by atoms with Gasteiger partial charge in [0, 0.05) is 11.7 Å². The minimum atomic E-state index is -0.323. The Morgan fingerprint density at radius 2 is 2.12 bits per heavy atom. The van der Waals surface area contributed by atoms with Crippen molar-refractivity contribution in [3.63, 3.8) is 0 Å². The number of hydrogen-bond donors (Lipinski definition) is 0. The molecule has 0 amide bonds. The summed E-state index contributed by atoms with van der Waals surface area (Å²) in [6, 6.07) is 7.21.